The number of ether oxygens (including phenoxy) is 2. The van der Waals surface area contributed by atoms with E-state index in [1.807, 2.05) is 0 Å². The van der Waals surface area contributed by atoms with Crippen LogP contribution < -0.4 is 0 Å². The van der Waals surface area contributed by atoms with Crippen molar-refractivity contribution in [2.75, 3.05) is 26.8 Å². The third kappa shape index (κ3) is 3.75. The van der Waals surface area contributed by atoms with Crippen LogP contribution in [-0.4, -0.2) is 43.8 Å². The van der Waals surface area contributed by atoms with Crippen molar-refractivity contribution >= 4 is 21.9 Å². The fourth-order valence-corrected chi connectivity index (χ4v) is 2.49. The lowest BCUT2D eigenvalue weighted by Crippen LogP contribution is -2.46. The summed E-state index contributed by atoms with van der Waals surface area (Å²) in [6.07, 6.45) is -0.544. The predicted molar refractivity (Wildman–Crippen MR) is 71.1 cm³/mol. The van der Waals surface area contributed by atoms with Crippen molar-refractivity contribution < 1.29 is 18.7 Å². The summed E-state index contributed by atoms with van der Waals surface area (Å²) in [5.74, 6) is -0.632. The maximum atomic E-state index is 13.0. The molecule has 19 heavy (non-hydrogen) atoms. The van der Waals surface area contributed by atoms with Gasteiger partial charge in [0.2, 0.25) is 0 Å². The van der Waals surface area contributed by atoms with Gasteiger partial charge in [-0.3, -0.25) is 4.90 Å². The summed E-state index contributed by atoms with van der Waals surface area (Å²) in [5, 5.41) is 0. The normalized spacial score (nSPS) is 20.3. The van der Waals surface area contributed by atoms with E-state index in [0.29, 0.717) is 19.7 Å². The van der Waals surface area contributed by atoms with Crippen LogP contribution in [0.2, 0.25) is 0 Å². The number of nitrogens with zero attached hydrogens (tertiary/aromatic N) is 1. The zero-order valence-corrected chi connectivity index (χ0v) is 12.2. The van der Waals surface area contributed by atoms with Gasteiger partial charge >= 0.3 is 5.97 Å². The highest BCUT2D eigenvalue weighted by atomic mass is 79.9. The first-order valence-corrected chi connectivity index (χ1v) is 6.75. The van der Waals surface area contributed by atoms with E-state index in [4.69, 9.17) is 4.74 Å². The van der Waals surface area contributed by atoms with Crippen molar-refractivity contribution in [2.24, 2.45) is 0 Å². The number of carbonyl (C=O) groups is 1. The topological polar surface area (TPSA) is 38.8 Å². The number of methoxy groups -OCH3 is 1. The fourth-order valence-electron chi connectivity index (χ4n) is 2.01. The van der Waals surface area contributed by atoms with Crippen molar-refractivity contribution in [3.8, 4) is 0 Å². The monoisotopic (exact) mass is 331 g/mol. The van der Waals surface area contributed by atoms with Crippen LogP contribution in [0.25, 0.3) is 0 Å². The maximum Gasteiger partial charge on any atom is 0.336 e. The molecule has 0 radical (unpaired) electrons. The molecule has 1 aliphatic rings. The SMILES string of the molecule is COC(=O)C1CN(Cc2ccc(F)cc2Br)CCO1. The van der Waals surface area contributed by atoms with Crippen LogP contribution in [0, 0.1) is 5.82 Å². The minimum absolute atomic E-state index is 0.273. The highest BCUT2D eigenvalue weighted by Gasteiger charge is 2.27. The molecule has 1 atom stereocenters. The van der Waals surface area contributed by atoms with Crippen molar-refractivity contribution in [2.45, 2.75) is 12.6 Å². The van der Waals surface area contributed by atoms with Crippen LogP contribution in [0.5, 0.6) is 0 Å². The molecule has 1 aromatic carbocycles. The second kappa shape index (κ2) is 6.45. The molecule has 0 aromatic heterocycles. The molecule has 1 aliphatic heterocycles. The average molecular weight is 332 g/mol. The Labute approximate surface area is 119 Å². The number of hydrogen-bond acceptors (Lipinski definition) is 4. The van der Waals surface area contributed by atoms with Gasteiger partial charge in [0.15, 0.2) is 6.10 Å². The number of hydrogen-bond donors (Lipinski definition) is 0. The van der Waals surface area contributed by atoms with E-state index in [9.17, 15) is 9.18 Å². The lowest BCUT2D eigenvalue weighted by molar-refractivity contribution is -0.160. The Hall–Kier alpha value is -0.980. The molecule has 0 amide bonds. The molecule has 4 nitrogen and oxygen atoms in total. The van der Waals surface area contributed by atoms with Crippen molar-refractivity contribution in [1.82, 2.24) is 4.90 Å². The Balaban J connectivity index is 2.00. The van der Waals surface area contributed by atoms with Gasteiger partial charge in [-0.05, 0) is 17.7 Å². The minimum atomic E-state index is -0.544. The van der Waals surface area contributed by atoms with Crippen LogP contribution in [0.15, 0.2) is 22.7 Å². The molecule has 2 rings (SSSR count). The molecule has 1 heterocycles. The molecule has 104 valence electrons. The summed E-state index contributed by atoms with van der Waals surface area (Å²) in [6.45, 7) is 2.34. The molecule has 1 saturated heterocycles. The van der Waals surface area contributed by atoms with E-state index in [0.717, 1.165) is 16.6 Å². The van der Waals surface area contributed by atoms with Gasteiger partial charge in [-0.25, -0.2) is 9.18 Å². The average Bonchev–Trinajstić information content (AvgIpc) is 2.41. The molecular formula is C13H15BrFNO3. The van der Waals surface area contributed by atoms with E-state index in [1.54, 1.807) is 6.07 Å². The van der Waals surface area contributed by atoms with E-state index >= 15 is 0 Å². The summed E-state index contributed by atoms with van der Waals surface area (Å²) in [6, 6.07) is 4.61. The molecule has 1 aromatic rings. The van der Waals surface area contributed by atoms with Crippen LogP contribution in [-0.2, 0) is 20.8 Å². The summed E-state index contributed by atoms with van der Waals surface area (Å²) in [7, 11) is 1.35. The number of halogens is 2. The number of carbonyl (C=O) groups excluding carboxylic acids is 1. The molecule has 0 spiro atoms. The van der Waals surface area contributed by atoms with Crippen molar-refractivity contribution in [1.29, 1.82) is 0 Å². The van der Waals surface area contributed by atoms with Gasteiger partial charge in [0.1, 0.15) is 5.82 Å². The molecule has 0 aliphatic carbocycles. The summed E-state index contributed by atoms with van der Waals surface area (Å²) in [5.41, 5.74) is 0.979. The molecule has 0 bridgehead atoms. The minimum Gasteiger partial charge on any atom is -0.467 e. The third-order valence-electron chi connectivity index (χ3n) is 3.02. The molecule has 0 N–H and O–H groups in total. The van der Waals surface area contributed by atoms with E-state index < -0.39 is 6.10 Å². The molecule has 1 fully saturated rings. The van der Waals surface area contributed by atoms with Gasteiger partial charge in [-0.15, -0.1) is 0 Å². The lowest BCUT2D eigenvalue weighted by Gasteiger charge is -2.31. The van der Waals surface area contributed by atoms with Crippen molar-refractivity contribution in [3.05, 3.63) is 34.1 Å². The first-order chi connectivity index (χ1) is 9.10. The summed E-state index contributed by atoms with van der Waals surface area (Å²) >= 11 is 3.34. The van der Waals surface area contributed by atoms with Crippen LogP contribution in [0.4, 0.5) is 4.39 Å². The van der Waals surface area contributed by atoms with Crippen molar-refractivity contribution in [3.63, 3.8) is 0 Å². The predicted octanol–water partition coefficient (Wildman–Crippen LogP) is 1.96. The first-order valence-electron chi connectivity index (χ1n) is 5.96. The van der Waals surface area contributed by atoms with Gasteiger partial charge in [-0.2, -0.15) is 0 Å². The Morgan fingerprint density at radius 1 is 1.63 bits per heavy atom. The Bertz CT molecular complexity index is 469. The smallest absolute Gasteiger partial charge is 0.336 e. The summed E-state index contributed by atoms with van der Waals surface area (Å²) < 4.78 is 23.8. The Kier molecular flexibility index (Phi) is 4.90. The van der Waals surface area contributed by atoms with Gasteiger partial charge in [0.05, 0.1) is 13.7 Å². The van der Waals surface area contributed by atoms with Gasteiger partial charge < -0.3 is 9.47 Å². The molecule has 0 saturated carbocycles. The van der Waals surface area contributed by atoms with Crippen LogP contribution in [0.1, 0.15) is 5.56 Å². The zero-order chi connectivity index (χ0) is 13.8. The van der Waals surface area contributed by atoms with Crippen LogP contribution in [0.3, 0.4) is 0 Å². The number of esters is 1. The summed E-state index contributed by atoms with van der Waals surface area (Å²) in [4.78, 5) is 13.5. The highest BCUT2D eigenvalue weighted by Crippen LogP contribution is 2.21. The third-order valence-corrected chi connectivity index (χ3v) is 3.76. The Morgan fingerprint density at radius 2 is 2.42 bits per heavy atom. The van der Waals surface area contributed by atoms with E-state index in [1.165, 1.54) is 19.2 Å². The van der Waals surface area contributed by atoms with Gasteiger partial charge in [0, 0.05) is 24.1 Å². The lowest BCUT2D eigenvalue weighted by atomic mass is 10.2. The second-order valence-electron chi connectivity index (χ2n) is 4.35. The quantitative estimate of drug-likeness (QED) is 0.794. The number of morpholine rings is 1. The highest BCUT2D eigenvalue weighted by molar-refractivity contribution is 9.10. The molecule has 6 heteroatoms. The van der Waals surface area contributed by atoms with Gasteiger partial charge in [0.25, 0.3) is 0 Å². The Morgan fingerprint density at radius 3 is 3.11 bits per heavy atom. The van der Waals surface area contributed by atoms with E-state index in [2.05, 4.69) is 25.6 Å². The standard InChI is InChI=1S/C13H15BrFNO3/c1-18-13(17)12-8-16(4-5-19-12)7-9-2-3-10(15)6-11(9)14/h2-3,6,12H,4-5,7-8H2,1H3. The first kappa shape index (κ1) is 14.4. The largest absolute Gasteiger partial charge is 0.467 e. The molecular weight excluding hydrogens is 317 g/mol. The van der Waals surface area contributed by atoms with Crippen LogP contribution >= 0.6 is 15.9 Å². The molecule has 1 unspecified atom stereocenters. The zero-order valence-electron chi connectivity index (χ0n) is 10.6. The van der Waals surface area contributed by atoms with Gasteiger partial charge in [-0.1, -0.05) is 22.0 Å². The fraction of sp³-hybridized carbons (Fsp3) is 0.462. The maximum absolute atomic E-state index is 13.0. The number of rotatable bonds is 3. The van der Waals surface area contributed by atoms with E-state index in [-0.39, 0.29) is 11.8 Å². The number of benzene rings is 1. The second-order valence-corrected chi connectivity index (χ2v) is 5.21.